The Kier molecular flexibility index (Phi) is 51.3. The Morgan fingerprint density at radius 1 is 0.714 bits per heavy atom. The molecule has 51 valence electrons. The van der Waals surface area contributed by atoms with Crippen LogP contribution in [0.1, 0.15) is 0 Å². The first-order chi connectivity index (χ1) is 1.73. The van der Waals surface area contributed by atoms with Crippen LogP contribution in [-0.4, -0.2) is 16.4 Å². The molecule has 0 radical (unpaired) electrons. The summed E-state index contributed by atoms with van der Waals surface area (Å²) >= 11 is 7.46. The Morgan fingerprint density at radius 2 is 0.714 bits per heavy atom. The van der Waals surface area contributed by atoms with E-state index in [0.717, 1.165) is 0 Å². The molecule has 0 unspecified atom stereocenters. The Bertz CT molecular complexity index is 14.9. The van der Waals surface area contributed by atoms with Crippen molar-refractivity contribution in [3.63, 3.8) is 0 Å². The Morgan fingerprint density at radius 3 is 0.714 bits per heavy atom. The van der Waals surface area contributed by atoms with Gasteiger partial charge in [-0.2, -0.15) is 0 Å². The second kappa shape index (κ2) is 15.9. The molecule has 7 heteroatoms. The van der Waals surface area contributed by atoms with E-state index in [1.165, 1.54) is 0 Å². The third-order valence-electron chi connectivity index (χ3n) is 0. The molecule has 0 aromatic heterocycles. The van der Waals surface area contributed by atoms with Crippen LogP contribution in [0.2, 0.25) is 0 Å². The van der Waals surface area contributed by atoms with Crippen LogP contribution in [-0.2, 0) is 6.27 Å². The molecule has 0 saturated heterocycles. The molecule has 0 aliphatic rings. The fraction of sp³-hybridized carbons (Fsp3) is 0. The van der Waals surface area contributed by atoms with Gasteiger partial charge in [-0.05, 0) is 0 Å². The van der Waals surface area contributed by atoms with Crippen LogP contribution in [0, 0.1) is 0 Å². The van der Waals surface area contributed by atoms with Gasteiger partial charge in [0.05, 0.1) is 0 Å². The molecular weight excluding hydrogens is 525 g/mol. The first-order valence-electron chi connectivity index (χ1n) is 0.463. The normalized spacial score (nSPS) is 5.14. The molecule has 7 heavy (non-hydrogen) atoms. The number of halogens is 3. The second-order valence-corrected chi connectivity index (χ2v) is 46.6. The molecule has 0 rings (SSSR count). The number of hydrogen-bond acceptors (Lipinski definition) is 0. The van der Waals surface area contributed by atoms with E-state index in [9.17, 15) is 0 Å². The van der Waals surface area contributed by atoms with Crippen molar-refractivity contribution in [2.45, 2.75) is 0 Å². The van der Waals surface area contributed by atoms with E-state index in [2.05, 4.69) is 58.1 Å². The van der Waals surface area contributed by atoms with Gasteiger partial charge >= 0.3 is 64.3 Å². The Balaban J connectivity index is -0.0000000150. The summed E-state index contributed by atoms with van der Waals surface area (Å²) in [5, 5.41) is 0. The third-order valence-corrected chi connectivity index (χ3v) is 0. The summed E-state index contributed by atoms with van der Waals surface area (Å²) in [7, 11) is 0. The molecule has 0 aliphatic heterocycles. The molecule has 0 aromatic rings. The average Bonchev–Trinajstić information content (AvgIpc) is 0.811. The van der Waals surface area contributed by atoms with Crippen LogP contribution in [0.15, 0.2) is 0 Å². The van der Waals surface area contributed by atoms with Crippen molar-refractivity contribution >= 4 is 58.1 Å². The third kappa shape index (κ3) is 52.6. The van der Waals surface area contributed by atoms with E-state index in [1.54, 1.807) is 0 Å². The standard InChI is InChI=1S/3HI.Mo.3H2O/h3*1H;;3*1H2/q;;;+3;;;/p-3. The minimum absolute atomic E-state index is 0. The fourth-order valence-corrected chi connectivity index (χ4v) is 0. The molecule has 0 heterocycles. The van der Waals surface area contributed by atoms with Gasteiger partial charge in [0.15, 0.2) is 0 Å². The van der Waals surface area contributed by atoms with Crippen LogP contribution >= 0.6 is 58.1 Å². The van der Waals surface area contributed by atoms with Gasteiger partial charge in [0, 0.05) is 0 Å². The van der Waals surface area contributed by atoms with Crippen LogP contribution in [0.5, 0.6) is 0 Å². The van der Waals surface area contributed by atoms with Crippen molar-refractivity contribution in [2.75, 3.05) is 0 Å². The SMILES string of the molecule is O.O.O.[I][Mo]([I])[I]. The van der Waals surface area contributed by atoms with Crippen molar-refractivity contribution in [3.05, 3.63) is 0 Å². The predicted molar refractivity (Wildman–Crippen MR) is 52.9 cm³/mol. The average molecular weight is 531 g/mol. The van der Waals surface area contributed by atoms with Gasteiger partial charge in [-0.25, -0.2) is 0 Å². The Labute approximate surface area is 79.0 Å². The summed E-state index contributed by atoms with van der Waals surface area (Å²) in [6.07, 6.45) is -0.447. The van der Waals surface area contributed by atoms with Gasteiger partial charge in [-0.15, -0.1) is 0 Å². The first kappa shape index (κ1) is 22.6. The fourth-order valence-electron chi connectivity index (χ4n) is 0. The first-order valence-corrected chi connectivity index (χ1v) is 18.4. The van der Waals surface area contributed by atoms with E-state index in [4.69, 9.17) is 0 Å². The van der Waals surface area contributed by atoms with Gasteiger partial charge in [-0.1, -0.05) is 0 Å². The van der Waals surface area contributed by atoms with Gasteiger partial charge < -0.3 is 16.4 Å². The van der Waals surface area contributed by atoms with Gasteiger partial charge in [0.1, 0.15) is 0 Å². The minimum atomic E-state index is -0.447. The van der Waals surface area contributed by atoms with Crippen molar-refractivity contribution in [1.29, 1.82) is 0 Å². The predicted octanol–water partition coefficient (Wildman–Crippen LogP) is 0.180. The molecule has 0 atom stereocenters. The van der Waals surface area contributed by atoms with E-state index in [0.29, 0.717) is 0 Å². The van der Waals surface area contributed by atoms with Crippen LogP contribution in [0.25, 0.3) is 0 Å². The number of rotatable bonds is 0. The quantitative estimate of drug-likeness (QED) is 0.316. The van der Waals surface area contributed by atoms with Crippen LogP contribution in [0.4, 0.5) is 0 Å². The Hall–Kier alpha value is 2.76. The molecule has 6 N–H and O–H groups in total. The van der Waals surface area contributed by atoms with Gasteiger partial charge in [0.2, 0.25) is 0 Å². The molecule has 3 nitrogen and oxygen atoms in total. The van der Waals surface area contributed by atoms with E-state index < -0.39 is 6.27 Å². The number of hydrogen-bond donors (Lipinski definition) is 0. The molecule has 0 spiro atoms. The van der Waals surface area contributed by atoms with Gasteiger partial charge in [0.25, 0.3) is 0 Å². The summed E-state index contributed by atoms with van der Waals surface area (Å²) in [4.78, 5) is 0. The molecule has 0 aromatic carbocycles. The zero-order valence-corrected chi connectivity index (χ0v) is 11.5. The maximum atomic E-state index is 2.49. The summed E-state index contributed by atoms with van der Waals surface area (Å²) in [5.41, 5.74) is 0. The summed E-state index contributed by atoms with van der Waals surface area (Å²) in [6.45, 7) is 0. The van der Waals surface area contributed by atoms with Crippen molar-refractivity contribution in [1.82, 2.24) is 0 Å². The summed E-state index contributed by atoms with van der Waals surface area (Å²) in [5.74, 6) is 0. The molecule has 0 aliphatic carbocycles. The molecule has 0 amide bonds. The van der Waals surface area contributed by atoms with E-state index in [-0.39, 0.29) is 16.4 Å². The van der Waals surface area contributed by atoms with Crippen molar-refractivity contribution in [3.8, 4) is 0 Å². The molecule has 0 saturated carbocycles. The van der Waals surface area contributed by atoms with E-state index >= 15 is 0 Å². The van der Waals surface area contributed by atoms with Crippen molar-refractivity contribution < 1.29 is 22.7 Å². The van der Waals surface area contributed by atoms with Crippen LogP contribution in [0.3, 0.4) is 0 Å². The zero-order valence-electron chi connectivity index (χ0n) is 3.04. The second-order valence-electron chi connectivity index (χ2n) is 0.175. The van der Waals surface area contributed by atoms with E-state index in [1.807, 2.05) is 0 Å². The topological polar surface area (TPSA) is 94.5 Å². The monoisotopic (exact) mass is 533 g/mol. The molecular formula is H6I3MoO3. The summed E-state index contributed by atoms with van der Waals surface area (Å²) in [6, 6.07) is 0. The van der Waals surface area contributed by atoms with Crippen LogP contribution < -0.4 is 0 Å². The van der Waals surface area contributed by atoms with Crippen molar-refractivity contribution in [2.24, 2.45) is 0 Å². The molecule has 0 fully saturated rings. The molecule has 0 bridgehead atoms. The maximum absolute atomic E-state index is 2.49. The van der Waals surface area contributed by atoms with Gasteiger partial charge in [-0.3, -0.25) is 0 Å². The summed E-state index contributed by atoms with van der Waals surface area (Å²) < 4.78 is 0. The zero-order chi connectivity index (χ0) is 3.58.